The molecule has 21 heavy (non-hydrogen) atoms. The van der Waals surface area contributed by atoms with Gasteiger partial charge in [0.15, 0.2) is 0 Å². The third-order valence-corrected chi connectivity index (χ3v) is 3.78. The molecule has 2 heterocycles. The fourth-order valence-electron chi connectivity index (χ4n) is 2.50. The van der Waals surface area contributed by atoms with Crippen molar-refractivity contribution in [3.8, 4) is 0 Å². The van der Waals surface area contributed by atoms with Crippen molar-refractivity contribution < 1.29 is 4.79 Å². The highest BCUT2D eigenvalue weighted by Crippen LogP contribution is 2.36. The number of imidazole rings is 1. The van der Waals surface area contributed by atoms with Crippen molar-refractivity contribution in [1.82, 2.24) is 19.9 Å². The van der Waals surface area contributed by atoms with E-state index in [1.165, 1.54) is 18.5 Å². The minimum atomic E-state index is -0.0799. The molecule has 110 valence electrons. The minimum Gasteiger partial charge on any atom is -0.352 e. The number of hydrogen-bond acceptors (Lipinski definition) is 3. The average molecular weight is 284 g/mol. The summed E-state index contributed by atoms with van der Waals surface area (Å²) in [7, 11) is 0. The second kappa shape index (κ2) is 5.68. The largest absolute Gasteiger partial charge is 0.352 e. The lowest BCUT2D eigenvalue weighted by molar-refractivity contribution is 0.0953. The summed E-state index contributed by atoms with van der Waals surface area (Å²) in [5.41, 5.74) is 2.72. The zero-order valence-corrected chi connectivity index (χ0v) is 12.5. The van der Waals surface area contributed by atoms with Gasteiger partial charge >= 0.3 is 0 Å². The predicted molar refractivity (Wildman–Crippen MR) is 80.2 cm³/mol. The molecule has 5 heteroatoms. The normalized spacial score (nSPS) is 14.2. The minimum absolute atomic E-state index is 0.0799. The summed E-state index contributed by atoms with van der Waals surface area (Å²) < 4.78 is 2.31. The summed E-state index contributed by atoms with van der Waals surface area (Å²) in [6.45, 7) is 4.59. The van der Waals surface area contributed by atoms with Gasteiger partial charge < -0.3 is 9.88 Å². The lowest BCUT2D eigenvalue weighted by Gasteiger charge is -2.09. The molecule has 0 saturated heterocycles. The van der Waals surface area contributed by atoms with Gasteiger partial charge in [-0.3, -0.25) is 9.78 Å². The molecule has 1 fully saturated rings. The molecule has 1 saturated carbocycles. The van der Waals surface area contributed by atoms with Crippen LogP contribution < -0.4 is 5.32 Å². The molecule has 2 aromatic heterocycles. The van der Waals surface area contributed by atoms with Gasteiger partial charge in [-0.15, -0.1) is 0 Å². The van der Waals surface area contributed by atoms with E-state index in [4.69, 9.17) is 0 Å². The molecular weight excluding hydrogens is 264 g/mol. The number of nitrogens with zero attached hydrogens (tertiary/aromatic N) is 3. The van der Waals surface area contributed by atoms with E-state index in [0.717, 1.165) is 17.9 Å². The maximum atomic E-state index is 12.0. The van der Waals surface area contributed by atoms with Crippen molar-refractivity contribution in [3.63, 3.8) is 0 Å². The highest BCUT2D eigenvalue weighted by Gasteiger charge is 2.26. The Bertz CT molecular complexity index is 641. The van der Waals surface area contributed by atoms with Crippen LogP contribution in [-0.2, 0) is 6.42 Å². The van der Waals surface area contributed by atoms with Crippen LogP contribution in [0.2, 0.25) is 0 Å². The number of pyridine rings is 1. The van der Waals surface area contributed by atoms with Gasteiger partial charge in [0.25, 0.3) is 5.91 Å². The summed E-state index contributed by atoms with van der Waals surface area (Å²) in [5.74, 6) is 0.987. The fraction of sp³-hybridized carbons (Fsp3) is 0.438. The van der Waals surface area contributed by atoms with E-state index in [0.29, 0.717) is 18.2 Å². The monoisotopic (exact) mass is 284 g/mol. The predicted octanol–water partition coefficient (Wildman–Crippen LogP) is 2.20. The first-order chi connectivity index (χ1) is 10.1. The molecule has 0 unspecified atom stereocenters. The second-order valence-corrected chi connectivity index (χ2v) is 5.61. The van der Waals surface area contributed by atoms with E-state index < -0.39 is 0 Å². The van der Waals surface area contributed by atoms with E-state index in [2.05, 4.69) is 26.8 Å². The molecule has 0 aromatic carbocycles. The molecule has 3 rings (SSSR count). The molecule has 1 aliphatic rings. The molecular formula is C16H20N4O. The number of aromatic nitrogens is 3. The number of amides is 1. The number of carbonyl (C=O) groups is 1. The SMILES string of the molecule is Cc1ccc(C(=O)NCCc2ncc(C)n2C2CC2)cn1. The van der Waals surface area contributed by atoms with Crippen LogP contribution in [0, 0.1) is 13.8 Å². The standard InChI is InChI=1S/C16H20N4O/c1-11-3-4-13(10-18-11)16(21)17-8-7-15-19-9-12(2)20(15)14-5-6-14/h3-4,9-10,14H,5-8H2,1-2H3,(H,17,21). The van der Waals surface area contributed by atoms with Crippen molar-refractivity contribution in [1.29, 1.82) is 0 Å². The molecule has 0 aliphatic heterocycles. The first-order valence-electron chi connectivity index (χ1n) is 7.38. The molecule has 0 spiro atoms. The van der Waals surface area contributed by atoms with Crippen molar-refractivity contribution in [3.05, 3.63) is 47.3 Å². The topological polar surface area (TPSA) is 59.8 Å². The Morgan fingerprint density at radius 2 is 2.10 bits per heavy atom. The van der Waals surface area contributed by atoms with Crippen molar-refractivity contribution in [2.75, 3.05) is 6.54 Å². The Morgan fingerprint density at radius 1 is 1.29 bits per heavy atom. The van der Waals surface area contributed by atoms with Crippen molar-refractivity contribution >= 4 is 5.91 Å². The molecule has 1 N–H and O–H groups in total. The van der Waals surface area contributed by atoms with Crippen LogP contribution in [0.4, 0.5) is 0 Å². The Labute approximate surface area is 124 Å². The van der Waals surface area contributed by atoms with E-state index in [9.17, 15) is 4.79 Å². The molecule has 1 aliphatic carbocycles. The quantitative estimate of drug-likeness (QED) is 0.915. The smallest absolute Gasteiger partial charge is 0.252 e. The van der Waals surface area contributed by atoms with Crippen LogP contribution in [0.5, 0.6) is 0 Å². The third-order valence-electron chi connectivity index (χ3n) is 3.78. The molecule has 2 aromatic rings. The molecule has 0 atom stereocenters. The summed E-state index contributed by atoms with van der Waals surface area (Å²) in [6.07, 6.45) is 6.77. The van der Waals surface area contributed by atoms with Crippen LogP contribution >= 0.6 is 0 Å². The zero-order chi connectivity index (χ0) is 14.8. The van der Waals surface area contributed by atoms with Gasteiger partial charge in [0.1, 0.15) is 5.82 Å². The molecule has 1 amide bonds. The van der Waals surface area contributed by atoms with Gasteiger partial charge in [-0.25, -0.2) is 4.98 Å². The van der Waals surface area contributed by atoms with Crippen LogP contribution in [0.1, 0.15) is 46.5 Å². The average Bonchev–Trinajstić information content (AvgIpc) is 3.24. The number of rotatable bonds is 5. The third kappa shape index (κ3) is 3.12. The van der Waals surface area contributed by atoms with Crippen LogP contribution in [-0.4, -0.2) is 27.0 Å². The fourth-order valence-corrected chi connectivity index (χ4v) is 2.50. The van der Waals surface area contributed by atoms with Crippen molar-refractivity contribution in [2.24, 2.45) is 0 Å². The summed E-state index contributed by atoms with van der Waals surface area (Å²) in [4.78, 5) is 20.6. The second-order valence-electron chi connectivity index (χ2n) is 5.61. The first-order valence-corrected chi connectivity index (χ1v) is 7.38. The number of nitrogens with one attached hydrogen (secondary N) is 1. The maximum absolute atomic E-state index is 12.0. The van der Waals surface area contributed by atoms with Gasteiger partial charge in [0.05, 0.1) is 5.56 Å². The summed E-state index contributed by atoms with van der Waals surface area (Å²) >= 11 is 0. The summed E-state index contributed by atoms with van der Waals surface area (Å²) in [6, 6.07) is 4.27. The number of aryl methyl sites for hydroxylation is 2. The molecule has 5 nitrogen and oxygen atoms in total. The van der Waals surface area contributed by atoms with Gasteiger partial charge in [0, 0.05) is 42.8 Å². The zero-order valence-electron chi connectivity index (χ0n) is 12.5. The number of carbonyl (C=O) groups excluding carboxylic acids is 1. The van der Waals surface area contributed by atoms with E-state index in [-0.39, 0.29) is 5.91 Å². The Balaban J connectivity index is 1.56. The van der Waals surface area contributed by atoms with Crippen LogP contribution in [0.3, 0.4) is 0 Å². The highest BCUT2D eigenvalue weighted by atomic mass is 16.1. The first kappa shape index (κ1) is 13.8. The maximum Gasteiger partial charge on any atom is 0.252 e. The molecule has 0 radical (unpaired) electrons. The van der Waals surface area contributed by atoms with Gasteiger partial charge in [-0.1, -0.05) is 0 Å². The van der Waals surface area contributed by atoms with Gasteiger partial charge in [-0.05, 0) is 38.8 Å². The van der Waals surface area contributed by atoms with E-state index >= 15 is 0 Å². The highest BCUT2D eigenvalue weighted by molar-refractivity contribution is 5.93. The van der Waals surface area contributed by atoms with E-state index in [1.807, 2.05) is 19.2 Å². The van der Waals surface area contributed by atoms with Crippen LogP contribution in [0.25, 0.3) is 0 Å². The Kier molecular flexibility index (Phi) is 3.73. The van der Waals surface area contributed by atoms with E-state index in [1.54, 1.807) is 12.3 Å². The Hall–Kier alpha value is -2.17. The van der Waals surface area contributed by atoms with Crippen LogP contribution in [0.15, 0.2) is 24.5 Å². The molecule has 0 bridgehead atoms. The van der Waals surface area contributed by atoms with Gasteiger partial charge in [-0.2, -0.15) is 0 Å². The van der Waals surface area contributed by atoms with Gasteiger partial charge in [0.2, 0.25) is 0 Å². The summed E-state index contributed by atoms with van der Waals surface area (Å²) in [5, 5.41) is 2.93. The lowest BCUT2D eigenvalue weighted by Crippen LogP contribution is -2.26. The Morgan fingerprint density at radius 3 is 2.76 bits per heavy atom. The number of hydrogen-bond donors (Lipinski definition) is 1. The lowest BCUT2D eigenvalue weighted by atomic mass is 10.2. The van der Waals surface area contributed by atoms with Crippen molar-refractivity contribution in [2.45, 2.75) is 39.2 Å².